The highest BCUT2D eigenvalue weighted by Gasteiger charge is 1.99. The van der Waals surface area contributed by atoms with E-state index in [1.807, 2.05) is 0 Å². The molecular formula is C7H8O. The Morgan fingerprint density at radius 1 is 1.75 bits per heavy atom. The highest BCUT2D eigenvalue weighted by atomic mass is 16.5. The van der Waals surface area contributed by atoms with Crippen molar-refractivity contribution in [2.24, 2.45) is 0 Å². The van der Waals surface area contributed by atoms with Gasteiger partial charge in [0.2, 0.25) is 0 Å². The van der Waals surface area contributed by atoms with Gasteiger partial charge in [-0.2, -0.15) is 0 Å². The van der Waals surface area contributed by atoms with E-state index in [-0.39, 0.29) is 6.10 Å². The van der Waals surface area contributed by atoms with E-state index in [1.54, 1.807) is 12.3 Å². The van der Waals surface area contributed by atoms with Crippen molar-refractivity contribution in [3.05, 3.63) is 12.3 Å². The van der Waals surface area contributed by atoms with Gasteiger partial charge in [-0.15, -0.1) is 0 Å². The average molecular weight is 108 g/mol. The summed E-state index contributed by atoms with van der Waals surface area (Å²) in [7, 11) is 0. The van der Waals surface area contributed by atoms with Gasteiger partial charge in [-0.3, -0.25) is 0 Å². The van der Waals surface area contributed by atoms with Crippen molar-refractivity contribution >= 4 is 0 Å². The molecule has 1 heterocycles. The third kappa shape index (κ3) is 1.04. The number of ether oxygens (including phenoxy) is 1. The van der Waals surface area contributed by atoms with Gasteiger partial charge in [0.25, 0.3) is 0 Å². The van der Waals surface area contributed by atoms with Crippen LogP contribution in [0.3, 0.4) is 0 Å². The predicted molar refractivity (Wildman–Crippen MR) is 32.1 cm³/mol. The first-order chi connectivity index (χ1) is 3.93. The molecule has 0 aromatic heterocycles. The highest BCUT2D eigenvalue weighted by Crippen LogP contribution is 1.99. The molecule has 0 amide bonds. The molecular weight excluding hydrogens is 100 g/mol. The van der Waals surface area contributed by atoms with Crippen molar-refractivity contribution in [1.29, 1.82) is 0 Å². The van der Waals surface area contributed by atoms with E-state index in [0.29, 0.717) is 0 Å². The zero-order valence-electron chi connectivity index (χ0n) is 4.85. The molecule has 1 aliphatic heterocycles. The minimum Gasteiger partial charge on any atom is -0.485 e. The number of allylic oxidation sites excluding steroid dienone is 1. The molecule has 0 aromatic carbocycles. The molecule has 1 aliphatic rings. The zero-order valence-corrected chi connectivity index (χ0v) is 4.85. The molecule has 0 radical (unpaired) electrons. The Morgan fingerprint density at radius 2 is 2.62 bits per heavy atom. The Balaban J connectivity index is 2.48. The highest BCUT2D eigenvalue weighted by molar-refractivity contribution is 5.19. The lowest BCUT2D eigenvalue weighted by molar-refractivity contribution is 0.189. The lowest BCUT2D eigenvalue weighted by atomic mass is 10.2. The smallest absolute Gasteiger partial charge is 0.158 e. The Hall–Kier alpha value is -0.900. The minimum atomic E-state index is 0.139. The predicted octanol–water partition coefficient (Wildman–Crippen LogP) is 1.31. The Kier molecular flexibility index (Phi) is 1.58. The molecule has 42 valence electrons. The molecule has 0 spiro atoms. The fourth-order valence-corrected chi connectivity index (χ4v) is 0.542. The van der Waals surface area contributed by atoms with Crippen LogP contribution in [0.4, 0.5) is 0 Å². The second-order valence-electron chi connectivity index (χ2n) is 1.62. The summed E-state index contributed by atoms with van der Waals surface area (Å²) in [5.41, 5.74) is 0. The number of hydrogen-bond donors (Lipinski definition) is 0. The van der Waals surface area contributed by atoms with E-state index in [2.05, 4.69) is 18.8 Å². The SMILES string of the molecule is CCC1C#CC=CO1. The summed E-state index contributed by atoms with van der Waals surface area (Å²) < 4.78 is 5.07. The van der Waals surface area contributed by atoms with Crippen LogP contribution in [0.25, 0.3) is 0 Å². The van der Waals surface area contributed by atoms with E-state index in [9.17, 15) is 0 Å². The second kappa shape index (κ2) is 2.42. The molecule has 0 aromatic rings. The van der Waals surface area contributed by atoms with Crippen molar-refractivity contribution in [1.82, 2.24) is 0 Å². The zero-order chi connectivity index (χ0) is 5.82. The molecule has 0 N–H and O–H groups in total. The van der Waals surface area contributed by atoms with Gasteiger partial charge in [-0.1, -0.05) is 18.8 Å². The Bertz CT molecular complexity index is 148. The molecule has 0 saturated carbocycles. The maximum atomic E-state index is 5.07. The van der Waals surface area contributed by atoms with Crippen molar-refractivity contribution < 1.29 is 4.74 Å². The lowest BCUT2D eigenvalue weighted by Crippen LogP contribution is -2.05. The fourth-order valence-electron chi connectivity index (χ4n) is 0.542. The summed E-state index contributed by atoms with van der Waals surface area (Å²) >= 11 is 0. The molecule has 1 rings (SSSR count). The van der Waals surface area contributed by atoms with Gasteiger partial charge in [0.1, 0.15) is 0 Å². The normalized spacial score (nSPS) is 23.4. The molecule has 1 unspecified atom stereocenters. The first-order valence-electron chi connectivity index (χ1n) is 2.75. The van der Waals surface area contributed by atoms with E-state index < -0.39 is 0 Å². The summed E-state index contributed by atoms with van der Waals surface area (Å²) in [6.45, 7) is 2.05. The van der Waals surface area contributed by atoms with Gasteiger partial charge in [0.05, 0.1) is 6.26 Å². The maximum Gasteiger partial charge on any atom is 0.158 e. The lowest BCUT2D eigenvalue weighted by Gasteiger charge is -2.07. The van der Waals surface area contributed by atoms with Crippen LogP contribution in [0, 0.1) is 11.8 Å². The molecule has 0 aliphatic carbocycles. The van der Waals surface area contributed by atoms with E-state index in [4.69, 9.17) is 4.74 Å². The summed E-state index contributed by atoms with van der Waals surface area (Å²) in [6.07, 6.45) is 4.47. The van der Waals surface area contributed by atoms with Gasteiger partial charge >= 0.3 is 0 Å². The molecule has 8 heavy (non-hydrogen) atoms. The van der Waals surface area contributed by atoms with Crippen LogP contribution in [0.1, 0.15) is 13.3 Å². The number of hydrogen-bond acceptors (Lipinski definition) is 1. The third-order valence-corrected chi connectivity index (χ3v) is 1.01. The largest absolute Gasteiger partial charge is 0.485 e. The van der Waals surface area contributed by atoms with Crippen molar-refractivity contribution in [2.75, 3.05) is 0 Å². The average Bonchev–Trinajstić information content (AvgIpc) is 1.90. The van der Waals surface area contributed by atoms with Crippen LogP contribution in [-0.2, 0) is 4.74 Å². The first kappa shape index (κ1) is 5.24. The molecule has 1 nitrogen and oxygen atoms in total. The van der Waals surface area contributed by atoms with E-state index in [1.165, 1.54) is 0 Å². The standard InChI is InChI=1S/C7H8O/c1-2-7-5-3-4-6-8-7/h4,6-7H,2H2,1H3. The third-order valence-electron chi connectivity index (χ3n) is 1.01. The van der Waals surface area contributed by atoms with Gasteiger partial charge in [0, 0.05) is 6.08 Å². The molecule has 0 fully saturated rings. The van der Waals surface area contributed by atoms with Crippen LogP contribution >= 0.6 is 0 Å². The Labute approximate surface area is 49.3 Å². The van der Waals surface area contributed by atoms with Crippen LogP contribution in [0.15, 0.2) is 12.3 Å². The Morgan fingerprint density at radius 3 is 3.00 bits per heavy atom. The van der Waals surface area contributed by atoms with Crippen LogP contribution in [0.2, 0.25) is 0 Å². The first-order valence-corrected chi connectivity index (χ1v) is 2.75. The van der Waals surface area contributed by atoms with Crippen LogP contribution < -0.4 is 0 Å². The topological polar surface area (TPSA) is 9.23 Å². The molecule has 0 saturated heterocycles. The number of rotatable bonds is 1. The van der Waals surface area contributed by atoms with E-state index in [0.717, 1.165) is 6.42 Å². The van der Waals surface area contributed by atoms with E-state index >= 15 is 0 Å². The summed E-state index contributed by atoms with van der Waals surface area (Å²) in [6, 6.07) is 0. The van der Waals surface area contributed by atoms with Crippen molar-refractivity contribution in [2.45, 2.75) is 19.4 Å². The van der Waals surface area contributed by atoms with Gasteiger partial charge in [-0.25, -0.2) is 0 Å². The van der Waals surface area contributed by atoms with Crippen molar-refractivity contribution in [3.8, 4) is 11.8 Å². The van der Waals surface area contributed by atoms with Crippen LogP contribution in [0.5, 0.6) is 0 Å². The summed E-state index contributed by atoms with van der Waals surface area (Å²) in [4.78, 5) is 0. The minimum absolute atomic E-state index is 0.139. The fraction of sp³-hybridized carbons (Fsp3) is 0.429. The van der Waals surface area contributed by atoms with Gasteiger partial charge in [0.15, 0.2) is 6.10 Å². The summed E-state index contributed by atoms with van der Waals surface area (Å²) in [5.74, 6) is 5.74. The van der Waals surface area contributed by atoms with Crippen LogP contribution in [-0.4, -0.2) is 6.10 Å². The van der Waals surface area contributed by atoms with Gasteiger partial charge < -0.3 is 4.74 Å². The van der Waals surface area contributed by atoms with Gasteiger partial charge in [-0.05, 0) is 6.42 Å². The molecule has 1 heteroatoms. The maximum absolute atomic E-state index is 5.07. The molecule has 1 atom stereocenters. The quantitative estimate of drug-likeness (QED) is 0.460. The van der Waals surface area contributed by atoms with Crippen molar-refractivity contribution in [3.63, 3.8) is 0 Å². The second-order valence-corrected chi connectivity index (χ2v) is 1.62. The summed E-state index contributed by atoms with van der Waals surface area (Å²) in [5, 5.41) is 0. The molecule has 0 bridgehead atoms. The monoisotopic (exact) mass is 108 g/mol.